The third-order valence-corrected chi connectivity index (χ3v) is 4.31. The molecule has 0 spiro atoms. The lowest BCUT2D eigenvalue weighted by Gasteiger charge is -2.09. The molecule has 2 rings (SSSR count). The van der Waals surface area contributed by atoms with E-state index in [-0.39, 0.29) is 0 Å². The van der Waals surface area contributed by atoms with Crippen LogP contribution < -0.4 is 4.72 Å². The number of benzene rings is 2. The number of aryl methyl sites for hydroxylation is 2. The Balaban J connectivity index is 2.15. The van der Waals surface area contributed by atoms with Crippen molar-refractivity contribution in [2.75, 3.05) is 4.72 Å². The van der Waals surface area contributed by atoms with Crippen LogP contribution in [-0.4, -0.2) is 8.42 Å². The molecule has 24 heavy (non-hydrogen) atoms. The molecule has 0 saturated heterocycles. The first kappa shape index (κ1) is 18.1. The highest BCUT2D eigenvalue weighted by molar-refractivity contribution is 7.95. The molecule has 0 aliphatic rings. The highest BCUT2D eigenvalue weighted by Gasteiger charge is 2.29. The summed E-state index contributed by atoms with van der Waals surface area (Å²) in [4.78, 5) is 0. The largest absolute Gasteiger partial charge is 0.416 e. The fourth-order valence-electron chi connectivity index (χ4n) is 2.07. The Bertz CT molecular complexity index is 854. The Hall–Kier alpha value is -2.28. The summed E-state index contributed by atoms with van der Waals surface area (Å²) in [5, 5.41) is 0.925. The monoisotopic (exact) mass is 355 g/mol. The molecule has 7 heteroatoms. The molecule has 0 unspecified atom stereocenters. The van der Waals surface area contributed by atoms with Crippen molar-refractivity contribution in [3.63, 3.8) is 0 Å². The summed E-state index contributed by atoms with van der Waals surface area (Å²) < 4.78 is 64.0. The zero-order valence-electron chi connectivity index (χ0n) is 13.1. The van der Waals surface area contributed by atoms with Crippen molar-refractivity contribution >= 4 is 21.8 Å². The molecule has 0 fully saturated rings. The predicted molar refractivity (Wildman–Crippen MR) is 88.9 cm³/mol. The van der Waals surface area contributed by atoms with E-state index in [2.05, 4.69) is 4.72 Å². The first-order chi connectivity index (χ1) is 11.1. The smallest absolute Gasteiger partial charge is 0.280 e. The summed E-state index contributed by atoms with van der Waals surface area (Å²) in [7, 11) is -3.76. The van der Waals surface area contributed by atoms with Crippen LogP contribution in [0.5, 0.6) is 0 Å². The molecule has 0 aromatic heterocycles. The van der Waals surface area contributed by atoms with Crippen LogP contribution >= 0.6 is 0 Å². The average Bonchev–Trinajstić information content (AvgIpc) is 2.48. The first-order valence-electron chi connectivity index (χ1n) is 7.02. The Labute approximate surface area is 138 Å². The molecule has 0 saturated carbocycles. The van der Waals surface area contributed by atoms with E-state index in [9.17, 15) is 21.6 Å². The molecule has 0 bridgehead atoms. The first-order valence-corrected chi connectivity index (χ1v) is 8.57. The minimum atomic E-state index is -4.42. The number of nitrogens with one attached hydrogen (secondary N) is 1. The second-order valence-corrected chi connectivity index (χ2v) is 6.95. The van der Waals surface area contributed by atoms with Crippen molar-refractivity contribution in [3.8, 4) is 0 Å². The van der Waals surface area contributed by atoms with E-state index in [1.54, 1.807) is 19.1 Å². The summed E-state index contributed by atoms with van der Waals surface area (Å²) in [5.74, 6) is 0. The maximum Gasteiger partial charge on any atom is 0.416 e. The SMILES string of the molecule is Cc1ccc(NS(=O)(=O)/C=C/c2ccc(C(F)(F)F)cc2)c(C)c1. The van der Waals surface area contributed by atoms with E-state index in [1.807, 2.05) is 13.0 Å². The van der Waals surface area contributed by atoms with Gasteiger partial charge >= 0.3 is 6.18 Å². The Morgan fingerprint density at radius 3 is 2.17 bits per heavy atom. The minimum absolute atomic E-state index is 0.356. The Kier molecular flexibility index (Phi) is 5.03. The van der Waals surface area contributed by atoms with E-state index in [0.29, 0.717) is 11.3 Å². The van der Waals surface area contributed by atoms with Crippen LogP contribution in [0.3, 0.4) is 0 Å². The number of hydrogen-bond donors (Lipinski definition) is 1. The number of alkyl halides is 3. The summed E-state index contributed by atoms with van der Waals surface area (Å²) in [5.41, 5.74) is 1.82. The van der Waals surface area contributed by atoms with Crippen molar-refractivity contribution < 1.29 is 21.6 Å². The number of anilines is 1. The van der Waals surface area contributed by atoms with Crippen LogP contribution in [0.2, 0.25) is 0 Å². The third-order valence-electron chi connectivity index (χ3n) is 3.31. The van der Waals surface area contributed by atoms with Crippen molar-refractivity contribution in [1.29, 1.82) is 0 Å². The van der Waals surface area contributed by atoms with Gasteiger partial charge in [-0.15, -0.1) is 0 Å². The van der Waals surface area contributed by atoms with Gasteiger partial charge < -0.3 is 0 Å². The fourth-order valence-corrected chi connectivity index (χ4v) is 3.01. The zero-order chi connectivity index (χ0) is 18.0. The standard InChI is InChI=1S/C17H16F3NO2S/c1-12-3-8-16(13(2)11-12)21-24(22,23)10-9-14-4-6-15(7-5-14)17(18,19)20/h3-11,21H,1-2H3/b10-9+. The normalized spacial score (nSPS) is 12.5. The zero-order valence-corrected chi connectivity index (χ0v) is 13.9. The molecule has 2 aromatic carbocycles. The van der Waals surface area contributed by atoms with Gasteiger partial charge in [-0.1, -0.05) is 29.8 Å². The van der Waals surface area contributed by atoms with Crippen LogP contribution in [0.4, 0.5) is 18.9 Å². The van der Waals surface area contributed by atoms with Gasteiger partial charge in [-0.25, -0.2) is 8.42 Å². The lowest BCUT2D eigenvalue weighted by Crippen LogP contribution is -2.10. The maximum absolute atomic E-state index is 12.5. The van der Waals surface area contributed by atoms with Crippen molar-refractivity contribution in [1.82, 2.24) is 0 Å². The van der Waals surface area contributed by atoms with Gasteiger partial charge in [0.25, 0.3) is 10.0 Å². The molecule has 2 aromatic rings. The molecule has 0 atom stereocenters. The molecule has 0 aliphatic heterocycles. The number of rotatable bonds is 4. The van der Waals surface area contributed by atoms with Crippen molar-refractivity contribution in [2.45, 2.75) is 20.0 Å². The highest BCUT2D eigenvalue weighted by Crippen LogP contribution is 2.29. The highest BCUT2D eigenvalue weighted by atomic mass is 32.2. The van der Waals surface area contributed by atoms with Gasteiger partial charge in [-0.05, 0) is 49.2 Å². The van der Waals surface area contributed by atoms with Crippen molar-refractivity contribution in [3.05, 3.63) is 70.1 Å². The summed E-state index contributed by atoms with van der Waals surface area (Å²) in [6, 6.07) is 9.53. The van der Waals surface area contributed by atoms with Gasteiger partial charge in [0.05, 0.1) is 16.7 Å². The summed E-state index contributed by atoms with van der Waals surface area (Å²) in [6.45, 7) is 3.68. The third kappa shape index (κ3) is 4.86. The quantitative estimate of drug-likeness (QED) is 0.861. The molecular weight excluding hydrogens is 339 g/mol. The topological polar surface area (TPSA) is 46.2 Å². The van der Waals surface area contributed by atoms with Crippen LogP contribution in [0.25, 0.3) is 6.08 Å². The Morgan fingerprint density at radius 2 is 1.62 bits per heavy atom. The molecule has 0 aliphatic carbocycles. The van der Waals surface area contributed by atoms with Gasteiger partial charge in [-0.2, -0.15) is 13.2 Å². The van der Waals surface area contributed by atoms with Gasteiger partial charge in [0, 0.05) is 0 Å². The second kappa shape index (κ2) is 6.68. The van der Waals surface area contributed by atoms with Gasteiger partial charge in [-0.3, -0.25) is 4.72 Å². The lowest BCUT2D eigenvalue weighted by molar-refractivity contribution is -0.137. The van der Waals surface area contributed by atoms with Gasteiger partial charge in [0.15, 0.2) is 0 Å². The molecule has 0 radical (unpaired) electrons. The number of hydrogen-bond acceptors (Lipinski definition) is 2. The van der Waals surface area contributed by atoms with E-state index >= 15 is 0 Å². The van der Waals surface area contributed by atoms with Crippen LogP contribution in [0.15, 0.2) is 47.9 Å². The molecule has 3 nitrogen and oxygen atoms in total. The van der Waals surface area contributed by atoms with E-state index in [1.165, 1.54) is 18.2 Å². The van der Waals surface area contributed by atoms with Crippen LogP contribution in [-0.2, 0) is 16.2 Å². The molecule has 1 N–H and O–H groups in total. The van der Waals surface area contributed by atoms with Gasteiger partial charge in [0.2, 0.25) is 0 Å². The van der Waals surface area contributed by atoms with Crippen LogP contribution in [0.1, 0.15) is 22.3 Å². The van der Waals surface area contributed by atoms with Crippen molar-refractivity contribution in [2.24, 2.45) is 0 Å². The van der Waals surface area contributed by atoms with E-state index in [4.69, 9.17) is 0 Å². The second-order valence-electron chi connectivity index (χ2n) is 5.39. The molecule has 0 heterocycles. The maximum atomic E-state index is 12.5. The summed E-state index contributed by atoms with van der Waals surface area (Å²) >= 11 is 0. The molecular formula is C17H16F3NO2S. The fraction of sp³-hybridized carbons (Fsp3) is 0.176. The number of sulfonamides is 1. The summed E-state index contributed by atoms with van der Waals surface area (Å²) in [6.07, 6.45) is -3.18. The lowest BCUT2D eigenvalue weighted by atomic mass is 10.1. The number of halogens is 3. The molecule has 0 amide bonds. The minimum Gasteiger partial charge on any atom is -0.280 e. The Morgan fingerprint density at radius 1 is 1.00 bits per heavy atom. The average molecular weight is 355 g/mol. The van der Waals surface area contributed by atoms with E-state index in [0.717, 1.165) is 28.7 Å². The van der Waals surface area contributed by atoms with Crippen LogP contribution in [0, 0.1) is 13.8 Å². The van der Waals surface area contributed by atoms with E-state index < -0.39 is 21.8 Å². The predicted octanol–water partition coefficient (Wildman–Crippen LogP) is 4.73. The molecule has 128 valence electrons. The van der Waals surface area contributed by atoms with Gasteiger partial charge in [0.1, 0.15) is 0 Å².